The monoisotopic (exact) mass is 167 g/mol. The van der Waals surface area contributed by atoms with E-state index >= 15 is 0 Å². The number of hydrogen-bond acceptors (Lipinski definition) is 2. The Labute approximate surface area is 73.3 Å². The van der Waals surface area contributed by atoms with E-state index in [2.05, 4.69) is 23.7 Å². The molecule has 1 heterocycles. The number of aryl methyl sites for hydroxylation is 1. The lowest BCUT2D eigenvalue weighted by atomic mass is 10.2. The Balaban J connectivity index is 2.28. The molecule has 0 aliphatic rings. The lowest BCUT2D eigenvalue weighted by Crippen LogP contribution is -1.88. The van der Waals surface area contributed by atoms with Gasteiger partial charge in [-0.3, -0.25) is 4.98 Å². The van der Waals surface area contributed by atoms with Gasteiger partial charge in [-0.1, -0.05) is 6.07 Å². The van der Waals surface area contributed by atoms with Crippen LogP contribution in [0.1, 0.15) is 18.5 Å². The topological polar surface area (TPSA) is 12.9 Å². The van der Waals surface area contributed by atoms with Crippen molar-refractivity contribution in [1.82, 2.24) is 4.98 Å². The van der Waals surface area contributed by atoms with Crippen molar-refractivity contribution in [1.29, 1.82) is 0 Å². The summed E-state index contributed by atoms with van der Waals surface area (Å²) in [4.78, 5) is 4.23. The molecule has 0 aliphatic carbocycles. The Bertz CT molecular complexity index is 186. The molecule has 1 nitrogen and oxygen atoms in total. The van der Waals surface area contributed by atoms with Crippen molar-refractivity contribution in [3.63, 3.8) is 0 Å². The van der Waals surface area contributed by atoms with Crippen molar-refractivity contribution in [3.05, 3.63) is 30.1 Å². The molecule has 1 aromatic heterocycles. The lowest BCUT2D eigenvalue weighted by Gasteiger charge is -1.97. The molecule has 0 aromatic carbocycles. The third-order valence-corrected chi connectivity index (χ3v) is 1.88. The van der Waals surface area contributed by atoms with E-state index in [9.17, 15) is 0 Å². The zero-order chi connectivity index (χ0) is 7.94. The van der Waals surface area contributed by atoms with Gasteiger partial charge in [-0.15, -0.1) is 0 Å². The van der Waals surface area contributed by atoms with Crippen molar-refractivity contribution < 1.29 is 0 Å². The fourth-order valence-corrected chi connectivity index (χ4v) is 1.19. The third kappa shape index (κ3) is 3.42. The highest BCUT2D eigenvalue weighted by Crippen LogP contribution is 2.01. The quantitative estimate of drug-likeness (QED) is 0.536. The smallest absolute Gasteiger partial charge is 0.0403 e. The van der Waals surface area contributed by atoms with Crippen molar-refractivity contribution in [3.8, 4) is 0 Å². The molecular formula is C9H13NS. The van der Waals surface area contributed by atoms with E-state index in [1.54, 1.807) is 0 Å². The van der Waals surface area contributed by atoms with E-state index < -0.39 is 0 Å². The molecule has 0 amide bonds. The molecule has 0 aliphatic heterocycles. The molecular weight excluding hydrogens is 154 g/mol. The summed E-state index contributed by atoms with van der Waals surface area (Å²) in [7, 11) is 0. The van der Waals surface area contributed by atoms with Crippen LogP contribution in [0.5, 0.6) is 0 Å². The summed E-state index contributed by atoms with van der Waals surface area (Å²) >= 11 is 4.15. The fourth-order valence-electron chi connectivity index (χ4n) is 0.964. The van der Waals surface area contributed by atoms with Crippen molar-refractivity contribution in [2.45, 2.75) is 19.3 Å². The molecule has 0 N–H and O–H groups in total. The molecule has 1 rings (SSSR count). The third-order valence-electron chi connectivity index (χ3n) is 1.57. The highest BCUT2D eigenvalue weighted by atomic mass is 32.1. The molecule has 0 saturated carbocycles. The Morgan fingerprint density at radius 2 is 2.18 bits per heavy atom. The zero-order valence-electron chi connectivity index (χ0n) is 6.53. The van der Waals surface area contributed by atoms with Gasteiger partial charge in [0.15, 0.2) is 0 Å². The molecule has 1 aromatic rings. The maximum Gasteiger partial charge on any atom is 0.0403 e. The van der Waals surface area contributed by atoms with E-state index in [-0.39, 0.29) is 0 Å². The van der Waals surface area contributed by atoms with Crippen molar-refractivity contribution in [2.24, 2.45) is 0 Å². The molecule has 0 unspecified atom stereocenters. The number of rotatable bonds is 4. The summed E-state index contributed by atoms with van der Waals surface area (Å²) in [5.74, 6) is 0.979. The predicted octanol–water partition coefficient (Wildman–Crippen LogP) is 2.33. The summed E-state index contributed by atoms with van der Waals surface area (Å²) in [5.41, 5.74) is 1.19. The zero-order valence-corrected chi connectivity index (χ0v) is 7.43. The highest BCUT2D eigenvalue weighted by Gasteiger charge is 1.90. The first kappa shape index (κ1) is 8.60. The Kier molecular flexibility index (Phi) is 4.06. The van der Waals surface area contributed by atoms with Gasteiger partial charge in [0.05, 0.1) is 0 Å². The molecule has 0 saturated heterocycles. The van der Waals surface area contributed by atoms with E-state index in [1.165, 1.54) is 18.5 Å². The summed E-state index contributed by atoms with van der Waals surface area (Å²) in [6.07, 6.45) is 5.30. The minimum Gasteiger partial charge on any atom is -0.261 e. The van der Waals surface area contributed by atoms with Crippen LogP contribution in [0.2, 0.25) is 0 Å². The maximum atomic E-state index is 4.23. The van der Waals surface area contributed by atoms with Crippen LogP contribution in [0.4, 0.5) is 0 Å². The predicted molar refractivity (Wildman–Crippen MR) is 51.0 cm³/mol. The van der Waals surface area contributed by atoms with Crippen LogP contribution in [-0.2, 0) is 6.42 Å². The molecule has 2 heteroatoms. The largest absolute Gasteiger partial charge is 0.261 e. The first-order valence-corrected chi connectivity index (χ1v) is 4.57. The number of nitrogens with zero attached hydrogens (tertiary/aromatic N) is 1. The van der Waals surface area contributed by atoms with Gasteiger partial charge in [-0.25, -0.2) is 0 Å². The molecule has 0 atom stereocenters. The summed E-state index contributed by atoms with van der Waals surface area (Å²) in [6, 6.07) is 6.05. The van der Waals surface area contributed by atoms with Crippen LogP contribution in [0.15, 0.2) is 24.4 Å². The number of thiol groups is 1. The SMILES string of the molecule is SCCCCc1ccccn1. The number of unbranched alkanes of at least 4 members (excludes halogenated alkanes) is 1. The normalized spacial score (nSPS) is 9.91. The van der Waals surface area contributed by atoms with Gasteiger partial charge in [-0.2, -0.15) is 12.6 Å². The second-order valence-corrected chi connectivity index (χ2v) is 2.95. The summed E-state index contributed by atoms with van der Waals surface area (Å²) < 4.78 is 0. The Morgan fingerprint density at radius 1 is 1.27 bits per heavy atom. The van der Waals surface area contributed by atoms with Crippen LogP contribution in [0, 0.1) is 0 Å². The molecule has 0 bridgehead atoms. The molecule has 0 spiro atoms. The van der Waals surface area contributed by atoms with Crippen LogP contribution >= 0.6 is 12.6 Å². The molecule has 11 heavy (non-hydrogen) atoms. The lowest BCUT2D eigenvalue weighted by molar-refractivity contribution is 0.784. The molecule has 60 valence electrons. The van der Waals surface area contributed by atoms with E-state index in [0.717, 1.165) is 12.2 Å². The van der Waals surface area contributed by atoms with Gasteiger partial charge in [0.25, 0.3) is 0 Å². The van der Waals surface area contributed by atoms with Gasteiger partial charge < -0.3 is 0 Å². The van der Waals surface area contributed by atoms with Gasteiger partial charge in [0.2, 0.25) is 0 Å². The van der Waals surface area contributed by atoms with Gasteiger partial charge in [0.1, 0.15) is 0 Å². The highest BCUT2D eigenvalue weighted by molar-refractivity contribution is 7.80. The average molecular weight is 167 g/mol. The molecule has 0 radical (unpaired) electrons. The van der Waals surface area contributed by atoms with Crippen LogP contribution in [0.25, 0.3) is 0 Å². The van der Waals surface area contributed by atoms with Gasteiger partial charge in [-0.05, 0) is 37.1 Å². The first-order valence-electron chi connectivity index (χ1n) is 3.94. The van der Waals surface area contributed by atoms with Crippen molar-refractivity contribution >= 4 is 12.6 Å². The Hall–Kier alpha value is -0.500. The van der Waals surface area contributed by atoms with Crippen LogP contribution in [-0.4, -0.2) is 10.7 Å². The second-order valence-electron chi connectivity index (χ2n) is 2.50. The maximum absolute atomic E-state index is 4.23. The average Bonchev–Trinajstić information content (AvgIpc) is 2.07. The minimum atomic E-state index is 0.979. The van der Waals surface area contributed by atoms with Crippen LogP contribution in [0.3, 0.4) is 0 Å². The Morgan fingerprint density at radius 3 is 2.82 bits per heavy atom. The van der Waals surface area contributed by atoms with E-state index in [4.69, 9.17) is 0 Å². The number of aromatic nitrogens is 1. The van der Waals surface area contributed by atoms with E-state index in [0.29, 0.717) is 0 Å². The second kappa shape index (κ2) is 5.19. The van der Waals surface area contributed by atoms with Crippen molar-refractivity contribution in [2.75, 3.05) is 5.75 Å². The first-order chi connectivity index (χ1) is 5.43. The molecule has 0 fully saturated rings. The number of pyridine rings is 1. The standard InChI is InChI=1S/C9H13NS/c11-8-4-2-6-9-5-1-3-7-10-9/h1,3,5,7,11H,2,4,6,8H2. The van der Waals surface area contributed by atoms with Gasteiger partial charge >= 0.3 is 0 Å². The fraction of sp³-hybridized carbons (Fsp3) is 0.444. The summed E-state index contributed by atoms with van der Waals surface area (Å²) in [5, 5.41) is 0. The van der Waals surface area contributed by atoms with E-state index in [1.807, 2.05) is 18.3 Å². The summed E-state index contributed by atoms with van der Waals surface area (Å²) in [6.45, 7) is 0. The minimum absolute atomic E-state index is 0.979. The van der Waals surface area contributed by atoms with Crippen LogP contribution < -0.4 is 0 Å². The number of hydrogen-bond donors (Lipinski definition) is 1. The van der Waals surface area contributed by atoms with Gasteiger partial charge in [0, 0.05) is 11.9 Å².